The van der Waals surface area contributed by atoms with Crippen molar-refractivity contribution in [3.05, 3.63) is 39.4 Å². The van der Waals surface area contributed by atoms with Gasteiger partial charge < -0.3 is 87.2 Å². The van der Waals surface area contributed by atoms with Crippen LogP contribution in [0.1, 0.15) is 62.3 Å². The molecule has 0 aliphatic carbocycles. The van der Waals surface area contributed by atoms with Gasteiger partial charge in [0.1, 0.15) is 37.6 Å². The van der Waals surface area contributed by atoms with E-state index in [1.807, 2.05) is 0 Å². The molecule has 29 nitrogen and oxygen atoms in total. The van der Waals surface area contributed by atoms with E-state index in [1.165, 1.54) is 6.07 Å². The van der Waals surface area contributed by atoms with Gasteiger partial charge in [0.05, 0.1) is 71.0 Å². The Morgan fingerprint density at radius 3 is 1.34 bits per heavy atom. The van der Waals surface area contributed by atoms with Crippen LogP contribution in [-0.2, 0) is 95.1 Å². The van der Waals surface area contributed by atoms with Gasteiger partial charge in [0.2, 0.25) is 0 Å². The largest absolute Gasteiger partial charge is 0.463 e. The van der Waals surface area contributed by atoms with Crippen molar-refractivity contribution in [2.24, 2.45) is 0 Å². The van der Waals surface area contributed by atoms with Crippen LogP contribution in [0.3, 0.4) is 0 Å². The van der Waals surface area contributed by atoms with Gasteiger partial charge in [-0.3, -0.25) is 48.5 Å². The predicted molar refractivity (Wildman–Crippen MR) is 238 cm³/mol. The second-order valence-corrected chi connectivity index (χ2v) is 15.7. The van der Waals surface area contributed by atoms with Gasteiger partial charge in [0.25, 0.3) is 17.5 Å². The van der Waals surface area contributed by atoms with Gasteiger partial charge in [-0.25, -0.2) is 0 Å². The van der Waals surface area contributed by atoms with Crippen molar-refractivity contribution < 1.29 is 120 Å². The highest BCUT2D eigenvalue weighted by Gasteiger charge is 2.51. The fraction of sp³-hybridized carbons (Fsp3) is 0.682. The molecule has 2 saturated heterocycles. The van der Waals surface area contributed by atoms with E-state index in [9.17, 15) is 58.7 Å². The van der Waals surface area contributed by atoms with Gasteiger partial charge in [-0.15, -0.1) is 0 Å². The number of rotatable bonds is 31. The third kappa shape index (κ3) is 22.3. The van der Waals surface area contributed by atoms with Gasteiger partial charge in [-0.05, 0) is 6.07 Å². The van der Waals surface area contributed by atoms with E-state index in [0.717, 1.165) is 53.7 Å². The van der Waals surface area contributed by atoms with Gasteiger partial charge in [0, 0.05) is 77.9 Å². The number of aliphatic hydroxyl groups is 2. The molecule has 2 heterocycles. The van der Waals surface area contributed by atoms with Crippen molar-refractivity contribution in [1.82, 2.24) is 10.6 Å². The minimum Gasteiger partial charge on any atom is -0.463 e. The van der Waals surface area contributed by atoms with Crippen molar-refractivity contribution in [2.75, 3.05) is 92.4 Å². The first-order valence-electron chi connectivity index (χ1n) is 22.7. The first-order chi connectivity index (χ1) is 34.7. The first kappa shape index (κ1) is 61.3. The van der Waals surface area contributed by atoms with Crippen LogP contribution in [0.25, 0.3) is 0 Å². The summed E-state index contributed by atoms with van der Waals surface area (Å²) < 4.78 is 75.2. The smallest absolute Gasteiger partial charge is 0.303 e. The number of nitro benzene ring substituents is 1. The minimum atomic E-state index is -1.60. The van der Waals surface area contributed by atoms with Gasteiger partial charge in [-0.2, -0.15) is 0 Å². The molecule has 3 rings (SSSR count). The Bertz CT molecular complexity index is 2010. The molecule has 0 saturated carbocycles. The van der Waals surface area contributed by atoms with Crippen molar-refractivity contribution in [1.29, 1.82) is 0 Å². The van der Waals surface area contributed by atoms with Crippen LogP contribution in [-0.4, -0.2) is 217 Å². The molecule has 4 N–H and O–H groups in total. The Morgan fingerprint density at radius 2 is 0.890 bits per heavy atom. The number of non-ortho nitro benzene ring substituents is 1. The van der Waals surface area contributed by atoms with Crippen LogP contribution in [0.2, 0.25) is 0 Å². The first-order valence-corrected chi connectivity index (χ1v) is 22.7. The Balaban J connectivity index is 1.34. The van der Waals surface area contributed by atoms with E-state index in [1.54, 1.807) is 0 Å². The average Bonchev–Trinajstić information content (AvgIpc) is 3.31. The molecule has 10 atom stereocenters. The van der Waals surface area contributed by atoms with Crippen LogP contribution in [0.5, 0.6) is 0 Å². The Hall–Kier alpha value is -6.02. The molecule has 29 heteroatoms. The monoisotopic (exact) mass is 1050 g/mol. The second-order valence-electron chi connectivity index (χ2n) is 15.7. The molecule has 2 aliphatic heterocycles. The lowest BCUT2D eigenvalue weighted by Crippen LogP contribution is -2.62. The number of ether oxygens (including phenoxy) is 14. The summed E-state index contributed by atoms with van der Waals surface area (Å²) in [6, 6.07) is 3.20. The van der Waals surface area contributed by atoms with E-state index >= 15 is 0 Å². The number of aliphatic hydroxyl groups excluding tert-OH is 2. The topological polar surface area (TPSA) is 373 Å². The third-order valence-corrected chi connectivity index (χ3v) is 9.82. The minimum absolute atomic E-state index is 0.0103. The fourth-order valence-corrected chi connectivity index (χ4v) is 6.78. The highest BCUT2D eigenvalue weighted by atomic mass is 16.7. The molecule has 0 radical (unpaired) electrons. The molecular weight excluding hydrogens is 986 g/mol. The summed E-state index contributed by atoms with van der Waals surface area (Å²) in [7, 11) is 0. The summed E-state index contributed by atoms with van der Waals surface area (Å²) in [5.74, 6) is -5.87. The lowest BCUT2D eigenvalue weighted by atomic mass is 9.98. The van der Waals surface area contributed by atoms with E-state index < -0.39 is 133 Å². The number of hydrogen-bond acceptors (Lipinski definition) is 26. The van der Waals surface area contributed by atoms with Crippen molar-refractivity contribution in [3.8, 4) is 0 Å². The highest BCUT2D eigenvalue weighted by molar-refractivity contribution is 6.00. The molecule has 0 aromatic heterocycles. The Kier molecular flexibility index (Phi) is 27.1. The molecule has 1 aromatic rings. The van der Waals surface area contributed by atoms with Crippen LogP contribution in [0.15, 0.2) is 18.2 Å². The zero-order chi connectivity index (χ0) is 54.0. The van der Waals surface area contributed by atoms with Crippen molar-refractivity contribution in [2.45, 2.75) is 103 Å². The molecule has 2 amide bonds. The number of carbonyl (C=O) groups excluding carboxylic acids is 8. The number of amides is 2. The fourth-order valence-electron chi connectivity index (χ4n) is 6.78. The Morgan fingerprint density at radius 1 is 0.507 bits per heavy atom. The van der Waals surface area contributed by atoms with Gasteiger partial charge >= 0.3 is 35.8 Å². The predicted octanol–water partition coefficient (Wildman–Crippen LogP) is -1.82. The zero-order valence-corrected chi connectivity index (χ0v) is 41.0. The van der Waals surface area contributed by atoms with Crippen LogP contribution in [0.4, 0.5) is 5.69 Å². The molecule has 2 fully saturated rings. The van der Waals surface area contributed by atoms with Crippen LogP contribution in [0, 0.1) is 10.1 Å². The highest BCUT2D eigenvalue weighted by Crippen LogP contribution is 2.29. The van der Waals surface area contributed by atoms with Gasteiger partial charge in [0.15, 0.2) is 37.0 Å². The maximum atomic E-state index is 12.9. The van der Waals surface area contributed by atoms with E-state index in [-0.39, 0.29) is 90.3 Å². The number of benzene rings is 1. The number of hydrogen-bond donors (Lipinski definition) is 4. The standard InChI is InChI=1S/C44H63N3O26/c1-24(48)66-22-33-35(54)38(69-27(4)51)40(71-29(6)53)44(72-33)65-18-16-63-14-12-61-10-8-46-42(57)31-19-30(20-32(21-31)47(58)59)41(56)45-7-9-60-11-13-62-15-17-64-43-36(55)39(70-28(5)52)37(68-26(3)50)34(73-43)23-67-25(2)49/h19-21,33-40,43-44,54-55H,7-18,22-23H2,1-6H3,(H,45,56)(H,46,57)/t33-,34-,35-,36+,37-,38+,39-,40+,43+,44+/m1/s1. The van der Waals surface area contributed by atoms with E-state index in [2.05, 4.69) is 10.6 Å². The molecule has 2 aliphatic rings. The summed E-state index contributed by atoms with van der Waals surface area (Å²) in [6.07, 6.45) is -13.7. The summed E-state index contributed by atoms with van der Waals surface area (Å²) in [6.45, 7) is 5.84. The van der Waals surface area contributed by atoms with Gasteiger partial charge in [-0.1, -0.05) is 0 Å². The normalized spacial score (nSPS) is 23.5. The molecule has 0 bridgehead atoms. The number of nitro groups is 1. The maximum absolute atomic E-state index is 12.9. The summed E-state index contributed by atoms with van der Waals surface area (Å²) >= 11 is 0. The van der Waals surface area contributed by atoms with E-state index in [0.29, 0.717) is 0 Å². The molecule has 73 heavy (non-hydrogen) atoms. The average molecular weight is 1050 g/mol. The molecule has 0 unspecified atom stereocenters. The lowest BCUT2D eigenvalue weighted by molar-refractivity contribution is -0.384. The third-order valence-electron chi connectivity index (χ3n) is 9.82. The number of nitrogens with one attached hydrogen (secondary N) is 2. The summed E-state index contributed by atoms with van der Waals surface area (Å²) in [4.78, 5) is 107. The maximum Gasteiger partial charge on any atom is 0.303 e. The lowest BCUT2D eigenvalue weighted by Gasteiger charge is -2.42. The molecule has 410 valence electrons. The van der Waals surface area contributed by atoms with Crippen molar-refractivity contribution >= 4 is 53.3 Å². The van der Waals surface area contributed by atoms with E-state index in [4.69, 9.17) is 66.3 Å². The number of nitrogens with zero attached hydrogens (tertiary/aromatic N) is 1. The second kappa shape index (κ2) is 32.2. The molecular formula is C44H63N3O26. The quantitative estimate of drug-likeness (QED) is 0.0209. The molecule has 1 aromatic carbocycles. The number of esters is 6. The number of carbonyl (C=O) groups is 8. The Labute approximate surface area is 418 Å². The van der Waals surface area contributed by atoms with Crippen LogP contribution < -0.4 is 10.6 Å². The van der Waals surface area contributed by atoms with Crippen molar-refractivity contribution in [3.63, 3.8) is 0 Å². The SMILES string of the molecule is CC(=O)OC[C@H]1O[C@H](OCCOCCOCCNC(=O)c2cc(C(=O)NCCOCCOCCO[C@H]3O[C@H](COC(C)=O)[C@@H](OC(C)=O)[C@H](OC(C)=O)[C@@H]3O)cc([N+](=O)[O-])c2)[C@@H](OC(C)=O)[C@@H](OC(C)=O)[C@@H]1O. The molecule has 0 spiro atoms. The zero-order valence-electron chi connectivity index (χ0n) is 41.0. The summed E-state index contributed by atoms with van der Waals surface area (Å²) in [5, 5.41) is 38.3. The van der Waals surface area contributed by atoms with Crippen LogP contribution >= 0.6 is 0 Å². The summed E-state index contributed by atoms with van der Waals surface area (Å²) in [5.41, 5.74) is -0.826.